The maximum atomic E-state index is 5.62. The summed E-state index contributed by atoms with van der Waals surface area (Å²) in [6, 6.07) is 0. The second-order valence-electron chi connectivity index (χ2n) is 3.14. The summed E-state index contributed by atoms with van der Waals surface area (Å²) in [5.74, 6) is 0.819. The summed E-state index contributed by atoms with van der Waals surface area (Å²) in [5.41, 5.74) is 0. The van der Waals surface area contributed by atoms with Gasteiger partial charge in [0.25, 0.3) is 0 Å². The number of hydrogen-bond donors (Lipinski definition) is 1. The number of hydrogen-bond acceptors (Lipinski definition) is 2. The molecule has 2 fully saturated rings. The zero-order chi connectivity index (χ0) is 6.27. The molecule has 0 aromatic heterocycles. The average molecular weight is 164 g/mol. The van der Waals surface area contributed by atoms with Gasteiger partial charge in [-0.1, -0.05) is 0 Å². The molecule has 10 heavy (non-hydrogen) atoms. The Bertz CT molecular complexity index is 108. The van der Waals surface area contributed by atoms with Gasteiger partial charge in [-0.25, -0.2) is 0 Å². The number of fused-ring (bicyclic) bond motifs is 1. The number of halogens is 1. The zero-order valence-electron chi connectivity index (χ0n) is 6.17. The normalized spacial score (nSPS) is 44.7. The van der Waals surface area contributed by atoms with Crippen molar-refractivity contribution in [1.82, 2.24) is 5.32 Å². The first-order chi connectivity index (χ1) is 4.36. The van der Waals surface area contributed by atoms with E-state index < -0.39 is 0 Å². The number of rotatable bonds is 0. The van der Waals surface area contributed by atoms with Gasteiger partial charge in [-0.2, -0.15) is 0 Å². The fraction of sp³-hybridized carbons (Fsp3) is 1.00. The van der Waals surface area contributed by atoms with Crippen LogP contribution in [0.15, 0.2) is 0 Å². The molecular weight excluding hydrogens is 150 g/mol. The van der Waals surface area contributed by atoms with E-state index in [4.69, 9.17) is 4.74 Å². The third-order valence-corrected chi connectivity index (χ3v) is 2.32. The maximum Gasteiger partial charge on any atom is 0.0744 e. The summed E-state index contributed by atoms with van der Waals surface area (Å²) in [5, 5.41) is 3.32. The summed E-state index contributed by atoms with van der Waals surface area (Å²) in [6.45, 7) is 4.42. The van der Waals surface area contributed by atoms with Gasteiger partial charge in [-0.15, -0.1) is 12.4 Å². The Balaban J connectivity index is 0.000000500. The van der Waals surface area contributed by atoms with Crippen LogP contribution in [0.3, 0.4) is 0 Å². The van der Waals surface area contributed by atoms with E-state index in [0.29, 0.717) is 12.2 Å². The Morgan fingerprint density at radius 3 is 2.90 bits per heavy atom. The summed E-state index contributed by atoms with van der Waals surface area (Å²) in [4.78, 5) is 0. The summed E-state index contributed by atoms with van der Waals surface area (Å²) in [6.07, 6.45) is 2.32. The molecule has 0 aliphatic carbocycles. The molecule has 2 heterocycles. The third kappa shape index (κ3) is 1.29. The molecule has 0 saturated carbocycles. The first kappa shape index (κ1) is 8.31. The molecule has 0 bridgehead atoms. The van der Waals surface area contributed by atoms with Gasteiger partial charge in [0.1, 0.15) is 0 Å². The van der Waals surface area contributed by atoms with E-state index in [1.54, 1.807) is 0 Å². The predicted octanol–water partition coefficient (Wildman–Crippen LogP) is 0.805. The molecule has 0 unspecified atom stereocenters. The highest BCUT2D eigenvalue weighted by molar-refractivity contribution is 5.85. The van der Waals surface area contributed by atoms with Crippen LogP contribution in [0.25, 0.3) is 0 Å². The molecule has 0 spiro atoms. The fourth-order valence-electron chi connectivity index (χ4n) is 1.88. The van der Waals surface area contributed by atoms with Gasteiger partial charge >= 0.3 is 0 Å². The topological polar surface area (TPSA) is 21.3 Å². The molecule has 2 aliphatic heterocycles. The van der Waals surface area contributed by atoms with Crippen LogP contribution in [-0.2, 0) is 4.74 Å². The van der Waals surface area contributed by atoms with Gasteiger partial charge in [0.15, 0.2) is 0 Å². The van der Waals surface area contributed by atoms with Crippen molar-refractivity contribution in [2.75, 3.05) is 13.1 Å². The molecule has 60 valence electrons. The van der Waals surface area contributed by atoms with E-state index in [1.165, 1.54) is 13.0 Å². The molecule has 2 aliphatic rings. The molecule has 2 saturated heterocycles. The van der Waals surface area contributed by atoms with Crippen molar-refractivity contribution in [3.05, 3.63) is 0 Å². The minimum Gasteiger partial charge on any atom is -0.374 e. The summed E-state index contributed by atoms with van der Waals surface area (Å²) >= 11 is 0. The number of ether oxygens (including phenoxy) is 1. The second kappa shape index (κ2) is 3.07. The Morgan fingerprint density at radius 2 is 2.20 bits per heavy atom. The molecule has 0 amide bonds. The van der Waals surface area contributed by atoms with Crippen LogP contribution < -0.4 is 5.32 Å². The Labute approximate surface area is 67.7 Å². The van der Waals surface area contributed by atoms with Gasteiger partial charge in [0.2, 0.25) is 0 Å². The van der Waals surface area contributed by atoms with Crippen LogP contribution in [0.2, 0.25) is 0 Å². The van der Waals surface area contributed by atoms with Crippen molar-refractivity contribution in [2.24, 2.45) is 5.92 Å². The first-order valence-electron chi connectivity index (χ1n) is 3.72. The van der Waals surface area contributed by atoms with Crippen molar-refractivity contribution in [2.45, 2.75) is 25.6 Å². The lowest BCUT2D eigenvalue weighted by Crippen LogP contribution is -2.17. The quantitative estimate of drug-likeness (QED) is 0.571. The third-order valence-electron chi connectivity index (χ3n) is 2.32. The molecule has 3 atom stereocenters. The van der Waals surface area contributed by atoms with Crippen LogP contribution in [0.1, 0.15) is 13.3 Å². The van der Waals surface area contributed by atoms with Gasteiger partial charge in [-0.3, -0.25) is 0 Å². The monoisotopic (exact) mass is 163 g/mol. The maximum absolute atomic E-state index is 5.62. The second-order valence-corrected chi connectivity index (χ2v) is 3.14. The molecular formula is C7H14ClNO. The highest BCUT2D eigenvalue weighted by Gasteiger charge is 2.35. The van der Waals surface area contributed by atoms with Gasteiger partial charge < -0.3 is 10.1 Å². The molecule has 0 aromatic rings. The molecule has 0 aromatic carbocycles. The standard InChI is InChI=1S/C7H13NO.ClH/c1-5-2-6-3-8-4-7(6)9-5;/h5-8H,2-4H2,1H3;1H/t5-,6-,7+;/m0./s1. The summed E-state index contributed by atoms with van der Waals surface area (Å²) < 4.78 is 5.62. The molecule has 2 nitrogen and oxygen atoms in total. The van der Waals surface area contributed by atoms with E-state index >= 15 is 0 Å². The van der Waals surface area contributed by atoms with E-state index in [2.05, 4.69) is 12.2 Å². The smallest absolute Gasteiger partial charge is 0.0744 e. The van der Waals surface area contributed by atoms with E-state index in [-0.39, 0.29) is 12.4 Å². The van der Waals surface area contributed by atoms with E-state index in [0.717, 1.165) is 12.5 Å². The van der Waals surface area contributed by atoms with Crippen LogP contribution in [0.4, 0.5) is 0 Å². The lowest BCUT2D eigenvalue weighted by Gasteiger charge is -2.05. The van der Waals surface area contributed by atoms with Crippen molar-refractivity contribution >= 4 is 12.4 Å². The molecule has 3 heteroatoms. The van der Waals surface area contributed by atoms with Crippen LogP contribution >= 0.6 is 12.4 Å². The predicted molar refractivity (Wildman–Crippen MR) is 42.6 cm³/mol. The van der Waals surface area contributed by atoms with Crippen molar-refractivity contribution in [1.29, 1.82) is 0 Å². The van der Waals surface area contributed by atoms with Crippen LogP contribution in [-0.4, -0.2) is 25.3 Å². The lowest BCUT2D eigenvalue weighted by molar-refractivity contribution is 0.0586. The van der Waals surface area contributed by atoms with E-state index in [1.807, 2.05) is 0 Å². The molecule has 1 N–H and O–H groups in total. The number of nitrogens with one attached hydrogen (secondary N) is 1. The Morgan fingerprint density at radius 1 is 1.40 bits per heavy atom. The average Bonchev–Trinajstić information content (AvgIpc) is 2.22. The van der Waals surface area contributed by atoms with Crippen LogP contribution in [0.5, 0.6) is 0 Å². The van der Waals surface area contributed by atoms with Crippen LogP contribution in [0, 0.1) is 5.92 Å². The summed E-state index contributed by atoms with van der Waals surface area (Å²) in [7, 11) is 0. The fourth-order valence-corrected chi connectivity index (χ4v) is 1.88. The van der Waals surface area contributed by atoms with E-state index in [9.17, 15) is 0 Å². The van der Waals surface area contributed by atoms with Crippen molar-refractivity contribution < 1.29 is 4.74 Å². The minimum absolute atomic E-state index is 0. The van der Waals surface area contributed by atoms with Crippen molar-refractivity contribution in [3.63, 3.8) is 0 Å². The zero-order valence-corrected chi connectivity index (χ0v) is 6.99. The Kier molecular flexibility index (Phi) is 2.55. The highest BCUT2D eigenvalue weighted by Crippen LogP contribution is 2.28. The van der Waals surface area contributed by atoms with Gasteiger partial charge in [0, 0.05) is 19.0 Å². The lowest BCUT2D eigenvalue weighted by atomic mass is 10.0. The first-order valence-corrected chi connectivity index (χ1v) is 3.72. The SMILES string of the molecule is C[C@H]1C[C@H]2CNC[C@H]2O1.Cl. The molecule has 2 rings (SSSR count). The van der Waals surface area contributed by atoms with Gasteiger partial charge in [0.05, 0.1) is 12.2 Å². The van der Waals surface area contributed by atoms with Gasteiger partial charge in [-0.05, 0) is 13.3 Å². The largest absolute Gasteiger partial charge is 0.374 e. The Hall–Kier alpha value is 0.210. The highest BCUT2D eigenvalue weighted by atomic mass is 35.5. The minimum atomic E-state index is 0. The van der Waals surface area contributed by atoms with Crippen molar-refractivity contribution in [3.8, 4) is 0 Å². The molecule has 0 radical (unpaired) electrons.